The summed E-state index contributed by atoms with van der Waals surface area (Å²) in [6.45, 7) is 3.79. The molecule has 0 saturated carbocycles. The Balaban J connectivity index is 2.31. The number of anilines is 1. The number of nitrogen functional groups attached to an aromatic ring is 1. The quantitative estimate of drug-likeness (QED) is 0.828. The van der Waals surface area contributed by atoms with Crippen molar-refractivity contribution in [2.24, 2.45) is 0 Å². The molecule has 2 aromatic rings. The van der Waals surface area contributed by atoms with E-state index in [1.807, 2.05) is 19.9 Å². The van der Waals surface area contributed by atoms with E-state index >= 15 is 0 Å². The molecule has 2 N–H and O–H groups in total. The highest BCUT2D eigenvalue weighted by atomic mass is 35.5. The predicted octanol–water partition coefficient (Wildman–Crippen LogP) is 1.67. The molecule has 6 nitrogen and oxygen atoms in total. The molecule has 2 aromatic heterocycles. The lowest BCUT2D eigenvalue weighted by Crippen LogP contribution is -2.00. The Hall–Kier alpha value is -1.47. The van der Waals surface area contributed by atoms with Crippen molar-refractivity contribution >= 4 is 29.3 Å². The number of aryl methyl sites for hydroxylation is 2. The van der Waals surface area contributed by atoms with Crippen molar-refractivity contribution in [3.05, 3.63) is 22.7 Å². The predicted molar refractivity (Wildman–Crippen MR) is 64.9 cm³/mol. The molecule has 2 heterocycles. The summed E-state index contributed by atoms with van der Waals surface area (Å²) in [7, 11) is 0. The first-order chi connectivity index (χ1) is 8.02. The molecular formula is C9H9ClN6S. The van der Waals surface area contributed by atoms with Gasteiger partial charge in [-0.15, -0.1) is 0 Å². The minimum absolute atomic E-state index is 0.0596. The second-order valence-corrected chi connectivity index (χ2v) is 4.55. The van der Waals surface area contributed by atoms with Crippen LogP contribution in [0, 0.1) is 13.8 Å². The van der Waals surface area contributed by atoms with Crippen molar-refractivity contribution in [2.45, 2.75) is 24.2 Å². The van der Waals surface area contributed by atoms with Crippen LogP contribution in [0.5, 0.6) is 0 Å². The van der Waals surface area contributed by atoms with E-state index in [9.17, 15) is 0 Å². The zero-order valence-electron chi connectivity index (χ0n) is 9.18. The fraction of sp³-hybridized carbons (Fsp3) is 0.222. The fourth-order valence-electron chi connectivity index (χ4n) is 1.21. The van der Waals surface area contributed by atoms with Crippen LogP contribution in [0.15, 0.2) is 16.4 Å². The van der Waals surface area contributed by atoms with Crippen molar-refractivity contribution in [1.82, 2.24) is 24.9 Å². The fourth-order valence-corrected chi connectivity index (χ4v) is 2.24. The summed E-state index contributed by atoms with van der Waals surface area (Å²) >= 11 is 6.88. The van der Waals surface area contributed by atoms with E-state index in [1.165, 1.54) is 11.8 Å². The van der Waals surface area contributed by atoms with Crippen LogP contribution >= 0.6 is 23.4 Å². The van der Waals surface area contributed by atoms with Gasteiger partial charge in [-0.1, -0.05) is 0 Å². The highest BCUT2D eigenvalue weighted by Gasteiger charge is 2.07. The summed E-state index contributed by atoms with van der Waals surface area (Å²) in [5.41, 5.74) is 7.24. The minimum atomic E-state index is 0.0596. The zero-order chi connectivity index (χ0) is 12.4. The molecular weight excluding hydrogens is 260 g/mol. The smallest absolute Gasteiger partial charge is 0.228 e. The molecule has 0 amide bonds. The Morgan fingerprint density at radius 2 is 1.59 bits per heavy atom. The summed E-state index contributed by atoms with van der Waals surface area (Å²) in [6, 6.07) is 1.89. The molecule has 88 valence electrons. The molecule has 0 aliphatic rings. The van der Waals surface area contributed by atoms with Crippen molar-refractivity contribution in [1.29, 1.82) is 0 Å². The Labute approximate surface area is 107 Å². The summed E-state index contributed by atoms with van der Waals surface area (Å²) in [5, 5.41) is 1.00. The average Bonchev–Trinajstić information content (AvgIpc) is 2.13. The summed E-state index contributed by atoms with van der Waals surface area (Å²) in [5.74, 6) is 0.0804. The third-order valence-electron chi connectivity index (χ3n) is 1.75. The van der Waals surface area contributed by atoms with Gasteiger partial charge in [0.2, 0.25) is 16.4 Å². The van der Waals surface area contributed by atoms with Crippen LogP contribution in [0.2, 0.25) is 5.28 Å². The van der Waals surface area contributed by atoms with Crippen molar-refractivity contribution in [3.63, 3.8) is 0 Å². The van der Waals surface area contributed by atoms with Crippen LogP contribution < -0.4 is 5.73 Å². The minimum Gasteiger partial charge on any atom is -0.368 e. The molecule has 0 atom stereocenters. The van der Waals surface area contributed by atoms with E-state index in [-0.39, 0.29) is 11.2 Å². The number of hydrogen-bond donors (Lipinski definition) is 1. The standard InChI is InChI=1S/C9H9ClN6S/c1-4-3-5(2)13-8(12-4)17-9-15-6(10)14-7(11)16-9/h3H,1-2H3,(H2,11,14,15,16). The van der Waals surface area contributed by atoms with Crippen LogP contribution in [0.3, 0.4) is 0 Å². The number of nitrogens with two attached hydrogens (primary N) is 1. The molecule has 0 fully saturated rings. The second kappa shape index (κ2) is 4.80. The Bertz CT molecular complexity index is 471. The molecule has 0 saturated heterocycles. The van der Waals surface area contributed by atoms with Gasteiger partial charge in [-0.25, -0.2) is 9.97 Å². The molecule has 2 rings (SSSR count). The van der Waals surface area contributed by atoms with Gasteiger partial charge >= 0.3 is 0 Å². The van der Waals surface area contributed by atoms with Gasteiger partial charge in [0, 0.05) is 11.4 Å². The number of nitrogens with zero attached hydrogens (tertiary/aromatic N) is 5. The second-order valence-electron chi connectivity index (χ2n) is 3.28. The van der Waals surface area contributed by atoms with Crippen LogP contribution in [0.25, 0.3) is 0 Å². The highest BCUT2D eigenvalue weighted by molar-refractivity contribution is 7.99. The molecule has 0 unspecified atom stereocenters. The van der Waals surface area contributed by atoms with Gasteiger partial charge < -0.3 is 5.73 Å². The highest BCUT2D eigenvalue weighted by Crippen LogP contribution is 2.22. The number of halogens is 1. The van der Waals surface area contributed by atoms with Gasteiger partial charge in [-0.3, -0.25) is 0 Å². The molecule has 8 heteroatoms. The van der Waals surface area contributed by atoms with E-state index in [4.69, 9.17) is 17.3 Å². The molecule has 0 spiro atoms. The summed E-state index contributed by atoms with van der Waals surface area (Å²) in [4.78, 5) is 20.1. The lowest BCUT2D eigenvalue weighted by Gasteiger charge is -2.02. The van der Waals surface area contributed by atoms with Crippen LogP contribution in [-0.2, 0) is 0 Å². The van der Waals surface area contributed by atoms with Crippen molar-refractivity contribution in [3.8, 4) is 0 Å². The maximum Gasteiger partial charge on any atom is 0.228 e. The maximum absolute atomic E-state index is 5.68. The third kappa shape index (κ3) is 3.24. The van der Waals surface area contributed by atoms with Crippen LogP contribution in [0.1, 0.15) is 11.4 Å². The van der Waals surface area contributed by atoms with Crippen molar-refractivity contribution in [2.75, 3.05) is 5.73 Å². The van der Waals surface area contributed by atoms with E-state index < -0.39 is 0 Å². The number of rotatable bonds is 2. The third-order valence-corrected chi connectivity index (χ3v) is 2.65. The first-order valence-electron chi connectivity index (χ1n) is 4.70. The average molecular weight is 269 g/mol. The molecule has 0 aliphatic carbocycles. The van der Waals surface area contributed by atoms with E-state index in [1.54, 1.807) is 0 Å². The normalized spacial score (nSPS) is 10.5. The monoisotopic (exact) mass is 268 g/mol. The van der Waals surface area contributed by atoms with Crippen LogP contribution in [-0.4, -0.2) is 24.9 Å². The topological polar surface area (TPSA) is 90.5 Å². The summed E-state index contributed by atoms with van der Waals surface area (Å²) in [6.07, 6.45) is 0. The van der Waals surface area contributed by atoms with Gasteiger partial charge in [0.15, 0.2) is 5.16 Å². The van der Waals surface area contributed by atoms with Gasteiger partial charge in [0.1, 0.15) is 0 Å². The van der Waals surface area contributed by atoms with Gasteiger partial charge in [-0.05, 0) is 43.3 Å². The van der Waals surface area contributed by atoms with Crippen molar-refractivity contribution < 1.29 is 0 Å². The molecule has 0 radical (unpaired) electrons. The van der Waals surface area contributed by atoms with Gasteiger partial charge in [0.05, 0.1) is 0 Å². The SMILES string of the molecule is Cc1cc(C)nc(Sc2nc(N)nc(Cl)n2)n1. The largest absolute Gasteiger partial charge is 0.368 e. The lowest BCUT2D eigenvalue weighted by molar-refractivity contribution is 0.875. The first-order valence-corrected chi connectivity index (χ1v) is 5.89. The van der Waals surface area contributed by atoms with Gasteiger partial charge in [-0.2, -0.15) is 15.0 Å². The lowest BCUT2D eigenvalue weighted by atomic mass is 10.4. The number of aromatic nitrogens is 5. The van der Waals surface area contributed by atoms with Gasteiger partial charge in [0.25, 0.3) is 0 Å². The Kier molecular flexibility index (Phi) is 3.39. The first kappa shape index (κ1) is 12.0. The van der Waals surface area contributed by atoms with E-state index in [2.05, 4.69) is 24.9 Å². The molecule has 17 heavy (non-hydrogen) atoms. The summed E-state index contributed by atoms with van der Waals surface area (Å²) < 4.78 is 0. The number of hydrogen-bond acceptors (Lipinski definition) is 7. The van der Waals surface area contributed by atoms with Crippen LogP contribution in [0.4, 0.5) is 5.95 Å². The molecule has 0 aromatic carbocycles. The van der Waals surface area contributed by atoms with E-state index in [0.717, 1.165) is 11.4 Å². The Morgan fingerprint density at radius 3 is 2.18 bits per heavy atom. The zero-order valence-corrected chi connectivity index (χ0v) is 10.7. The Morgan fingerprint density at radius 1 is 1.00 bits per heavy atom. The molecule has 0 aliphatic heterocycles. The molecule has 0 bridgehead atoms. The maximum atomic E-state index is 5.68. The van der Waals surface area contributed by atoms with E-state index in [0.29, 0.717) is 10.3 Å².